The molecule has 0 radical (unpaired) electrons. The first-order valence-electron chi connectivity index (χ1n) is 7.50. The molecular weight excluding hydrogens is 322 g/mol. The van der Waals surface area contributed by atoms with Crippen molar-refractivity contribution in [2.75, 3.05) is 19.7 Å². The smallest absolute Gasteiger partial charge is 0.410 e. The van der Waals surface area contributed by atoms with Crippen LogP contribution in [0.5, 0.6) is 0 Å². The molecule has 4 nitrogen and oxygen atoms in total. The van der Waals surface area contributed by atoms with Crippen molar-refractivity contribution in [3.8, 4) is 0 Å². The van der Waals surface area contributed by atoms with E-state index in [2.05, 4.69) is 22.9 Å². The fraction of sp³-hybridized carbons (Fsp3) is 0.933. The summed E-state index contributed by atoms with van der Waals surface area (Å²) in [5.41, 5.74) is -0.446. The van der Waals surface area contributed by atoms with Crippen LogP contribution in [0, 0.1) is 11.8 Å². The molecule has 1 aliphatic heterocycles. The zero-order chi connectivity index (χ0) is 14.9. The highest BCUT2D eigenvalue weighted by atomic mass is 79.9. The fourth-order valence-corrected chi connectivity index (χ4v) is 3.11. The van der Waals surface area contributed by atoms with Crippen molar-refractivity contribution in [2.45, 2.75) is 57.1 Å². The van der Waals surface area contributed by atoms with Crippen molar-refractivity contribution >= 4 is 22.0 Å². The molecule has 2 fully saturated rings. The molecule has 0 aromatic rings. The zero-order valence-corrected chi connectivity index (χ0v) is 14.5. The van der Waals surface area contributed by atoms with E-state index in [1.807, 2.05) is 20.8 Å². The highest BCUT2D eigenvalue weighted by molar-refractivity contribution is 9.09. The minimum atomic E-state index is -0.446. The van der Waals surface area contributed by atoms with Crippen molar-refractivity contribution in [1.29, 1.82) is 0 Å². The average Bonchev–Trinajstić information content (AvgIpc) is 3.08. The van der Waals surface area contributed by atoms with Gasteiger partial charge in [-0.1, -0.05) is 22.9 Å². The first-order chi connectivity index (χ1) is 9.26. The molecule has 0 bridgehead atoms. The van der Waals surface area contributed by atoms with Gasteiger partial charge in [-0.05, 0) is 45.4 Å². The normalized spacial score (nSPS) is 28.6. The maximum atomic E-state index is 12.0. The van der Waals surface area contributed by atoms with Crippen molar-refractivity contribution < 1.29 is 14.3 Å². The van der Waals surface area contributed by atoms with E-state index in [0.29, 0.717) is 19.0 Å². The number of amides is 1. The van der Waals surface area contributed by atoms with Gasteiger partial charge in [0.05, 0.1) is 17.5 Å². The molecule has 0 aromatic carbocycles. The second kappa shape index (κ2) is 6.22. The third kappa shape index (κ3) is 4.62. The zero-order valence-electron chi connectivity index (χ0n) is 12.9. The second-order valence-electron chi connectivity index (χ2n) is 7.09. The van der Waals surface area contributed by atoms with E-state index in [0.717, 1.165) is 12.5 Å². The van der Waals surface area contributed by atoms with Crippen LogP contribution in [0.2, 0.25) is 0 Å². The summed E-state index contributed by atoms with van der Waals surface area (Å²) in [5.74, 6) is 1.48. The van der Waals surface area contributed by atoms with Gasteiger partial charge in [0.15, 0.2) is 0 Å². The third-order valence-corrected chi connectivity index (χ3v) is 4.73. The van der Waals surface area contributed by atoms with Crippen LogP contribution in [0.15, 0.2) is 0 Å². The van der Waals surface area contributed by atoms with Crippen LogP contribution in [0.3, 0.4) is 0 Å². The number of halogens is 1. The summed E-state index contributed by atoms with van der Waals surface area (Å²) in [5, 5.41) is 0. The molecule has 3 unspecified atom stereocenters. The number of hydrogen-bond acceptors (Lipinski definition) is 3. The Hall–Kier alpha value is -0.290. The Bertz CT molecular complexity index is 352. The number of carbonyl (C=O) groups is 1. The molecule has 0 aromatic heterocycles. The Morgan fingerprint density at radius 3 is 2.55 bits per heavy atom. The van der Waals surface area contributed by atoms with Crippen LogP contribution in [0.4, 0.5) is 4.79 Å². The van der Waals surface area contributed by atoms with Gasteiger partial charge >= 0.3 is 6.09 Å². The van der Waals surface area contributed by atoms with Gasteiger partial charge in [0.25, 0.3) is 0 Å². The number of nitrogens with zero attached hydrogens (tertiary/aromatic N) is 1. The highest BCUT2D eigenvalue weighted by Crippen LogP contribution is 2.37. The van der Waals surface area contributed by atoms with Gasteiger partial charge < -0.3 is 14.4 Å². The van der Waals surface area contributed by atoms with Crippen LogP contribution in [0.25, 0.3) is 0 Å². The first-order valence-corrected chi connectivity index (χ1v) is 8.41. The van der Waals surface area contributed by atoms with Gasteiger partial charge in [0.1, 0.15) is 5.60 Å². The summed E-state index contributed by atoms with van der Waals surface area (Å²) in [6.45, 7) is 9.97. The lowest BCUT2D eigenvalue weighted by Gasteiger charge is -2.24. The van der Waals surface area contributed by atoms with E-state index in [9.17, 15) is 4.79 Å². The molecule has 1 saturated carbocycles. The SMILES string of the molecule is CC(COC1CN(C(=O)OC(C)(C)C)CC1Br)C1CC1. The molecule has 1 heterocycles. The van der Waals surface area contributed by atoms with E-state index in [1.165, 1.54) is 12.8 Å². The fourth-order valence-electron chi connectivity index (χ4n) is 2.44. The van der Waals surface area contributed by atoms with E-state index < -0.39 is 5.60 Å². The number of carbonyl (C=O) groups excluding carboxylic acids is 1. The van der Waals surface area contributed by atoms with Gasteiger partial charge in [-0.3, -0.25) is 0 Å². The summed E-state index contributed by atoms with van der Waals surface area (Å²) < 4.78 is 11.4. The number of rotatable bonds is 4. The minimum absolute atomic E-state index is 0.0729. The third-order valence-electron chi connectivity index (χ3n) is 3.85. The van der Waals surface area contributed by atoms with Crippen LogP contribution in [-0.2, 0) is 9.47 Å². The molecule has 5 heteroatoms. The number of likely N-dealkylation sites (tertiary alicyclic amines) is 1. The summed E-state index contributed by atoms with van der Waals surface area (Å²) in [4.78, 5) is 14.0. The van der Waals surface area contributed by atoms with E-state index >= 15 is 0 Å². The molecule has 116 valence electrons. The van der Waals surface area contributed by atoms with Crippen LogP contribution < -0.4 is 0 Å². The Labute approximate surface area is 130 Å². The predicted molar refractivity (Wildman–Crippen MR) is 82.2 cm³/mol. The molecule has 1 saturated heterocycles. The Balaban J connectivity index is 1.77. The van der Waals surface area contributed by atoms with Gasteiger partial charge in [0.2, 0.25) is 0 Å². The standard InChI is InChI=1S/C15H26BrNO3/c1-10(11-5-6-11)9-19-13-8-17(7-12(13)16)14(18)20-15(2,3)4/h10-13H,5-9H2,1-4H3. The summed E-state index contributed by atoms with van der Waals surface area (Å²) in [6, 6.07) is 0. The lowest BCUT2D eigenvalue weighted by atomic mass is 10.1. The number of hydrogen-bond donors (Lipinski definition) is 0. The van der Waals surface area contributed by atoms with E-state index in [4.69, 9.17) is 9.47 Å². The molecule has 0 N–H and O–H groups in total. The first kappa shape index (κ1) is 16.1. The molecule has 3 atom stereocenters. The topological polar surface area (TPSA) is 38.8 Å². The van der Waals surface area contributed by atoms with E-state index in [1.54, 1.807) is 4.90 Å². The maximum absolute atomic E-state index is 12.0. The quantitative estimate of drug-likeness (QED) is 0.731. The molecule has 2 aliphatic rings. The largest absolute Gasteiger partial charge is 0.444 e. The van der Waals surface area contributed by atoms with Crippen molar-refractivity contribution in [1.82, 2.24) is 4.90 Å². The van der Waals surface area contributed by atoms with Gasteiger partial charge in [-0.25, -0.2) is 4.79 Å². The summed E-state index contributed by atoms with van der Waals surface area (Å²) >= 11 is 3.62. The number of alkyl halides is 1. The van der Waals surface area contributed by atoms with Crippen LogP contribution in [0.1, 0.15) is 40.5 Å². The van der Waals surface area contributed by atoms with Crippen molar-refractivity contribution in [3.63, 3.8) is 0 Å². The monoisotopic (exact) mass is 347 g/mol. The molecule has 20 heavy (non-hydrogen) atoms. The average molecular weight is 348 g/mol. The van der Waals surface area contributed by atoms with Gasteiger partial charge in [-0.15, -0.1) is 0 Å². The van der Waals surface area contributed by atoms with Crippen LogP contribution >= 0.6 is 15.9 Å². The molecule has 0 spiro atoms. The van der Waals surface area contributed by atoms with E-state index in [-0.39, 0.29) is 17.0 Å². The minimum Gasteiger partial charge on any atom is -0.444 e. The Morgan fingerprint density at radius 1 is 1.35 bits per heavy atom. The lowest BCUT2D eigenvalue weighted by Crippen LogP contribution is -2.36. The summed E-state index contributed by atoms with van der Waals surface area (Å²) in [7, 11) is 0. The number of ether oxygens (including phenoxy) is 2. The Morgan fingerprint density at radius 2 is 2.00 bits per heavy atom. The Kier molecular flexibility index (Phi) is 5.00. The molecular formula is C15H26BrNO3. The molecule has 2 rings (SSSR count). The maximum Gasteiger partial charge on any atom is 0.410 e. The highest BCUT2D eigenvalue weighted by Gasteiger charge is 2.37. The lowest BCUT2D eigenvalue weighted by molar-refractivity contribution is 0.0157. The van der Waals surface area contributed by atoms with Gasteiger partial charge in [-0.2, -0.15) is 0 Å². The van der Waals surface area contributed by atoms with Crippen LogP contribution in [-0.4, -0.2) is 47.2 Å². The van der Waals surface area contributed by atoms with Gasteiger partial charge in [0, 0.05) is 13.2 Å². The second-order valence-corrected chi connectivity index (χ2v) is 8.26. The predicted octanol–water partition coefficient (Wildman–Crippen LogP) is 3.43. The van der Waals surface area contributed by atoms with Crippen molar-refractivity contribution in [3.05, 3.63) is 0 Å². The van der Waals surface area contributed by atoms with Crippen molar-refractivity contribution in [2.24, 2.45) is 11.8 Å². The summed E-state index contributed by atoms with van der Waals surface area (Å²) in [6.07, 6.45) is 2.51. The molecule has 1 amide bonds. The molecule has 1 aliphatic carbocycles.